The Hall–Kier alpha value is -3.59. The molecule has 0 bridgehead atoms. The van der Waals surface area contributed by atoms with Gasteiger partial charge in [0.2, 0.25) is 0 Å². The predicted molar refractivity (Wildman–Crippen MR) is 125 cm³/mol. The number of methoxy groups -OCH3 is 1. The number of nitrogens with zero attached hydrogens (tertiary/aromatic N) is 2. The van der Waals surface area contributed by atoms with E-state index in [1.54, 1.807) is 32.9 Å². The van der Waals surface area contributed by atoms with Crippen molar-refractivity contribution in [2.45, 2.75) is 32.9 Å². The highest BCUT2D eigenvalue weighted by molar-refractivity contribution is 6.04. The van der Waals surface area contributed by atoms with Crippen LogP contribution in [0.15, 0.2) is 36.4 Å². The Morgan fingerprint density at radius 1 is 1.09 bits per heavy atom. The van der Waals surface area contributed by atoms with Gasteiger partial charge in [0.15, 0.2) is 0 Å². The first-order chi connectivity index (χ1) is 16.2. The Morgan fingerprint density at radius 2 is 1.82 bits per heavy atom. The molecule has 2 heterocycles. The van der Waals surface area contributed by atoms with E-state index < -0.39 is 23.6 Å². The number of hydrogen-bond donors (Lipinski definition) is 1. The zero-order valence-electron chi connectivity index (χ0n) is 19.8. The molecule has 2 aliphatic heterocycles. The number of nitrogens with one attached hydrogen (secondary N) is 1. The van der Waals surface area contributed by atoms with E-state index >= 15 is 0 Å². The van der Waals surface area contributed by atoms with Crippen molar-refractivity contribution in [3.05, 3.63) is 53.1 Å². The highest BCUT2D eigenvalue weighted by Gasteiger charge is 2.31. The van der Waals surface area contributed by atoms with Crippen molar-refractivity contribution in [3.8, 4) is 11.1 Å². The smallest absolute Gasteiger partial charge is 0.429 e. The van der Waals surface area contributed by atoms with Gasteiger partial charge >= 0.3 is 12.1 Å². The van der Waals surface area contributed by atoms with Crippen LogP contribution in [0.25, 0.3) is 11.1 Å². The van der Waals surface area contributed by atoms with Crippen LogP contribution in [0.5, 0.6) is 0 Å². The van der Waals surface area contributed by atoms with E-state index in [0.717, 1.165) is 11.3 Å². The van der Waals surface area contributed by atoms with Crippen LogP contribution in [0.3, 0.4) is 0 Å². The number of ether oxygens (including phenoxy) is 3. The molecule has 1 N–H and O–H groups in total. The summed E-state index contributed by atoms with van der Waals surface area (Å²) < 4.78 is 15.8. The molecule has 0 unspecified atom stereocenters. The van der Waals surface area contributed by atoms with Gasteiger partial charge in [-0.05, 0) is 49.6 Å². The summed E-state index contributed by atoms with van der Waals surface area (Å²) in [7, 11) is 1.35. The molecule has 0 saturated carbocycles. The molecule has 0 aliphatic carbocycles. The van der Waals surface area contributed by atoms with Gasteiger partial charge < -0.3 is 19.1 Å². The average molecular weight is 468 g/mol. The fourth-order valence-electron chi connectivity index (χ4n) is 4.10. The van der Waals surface area contributed by atoms with Crippen LogP contribution in [-0.2, 0) is 20.8 Å². The van der Waals surface area contributed by atoms with Crippen LogP contribution < -0.4 is 10.3 Å². The van der Waals surface area contributed by atoms with Crippen LogP contribution in [0, 0.1) is 0 Å². The maximum atomic E-state index is 13.1. The fraction of sp³-hybridized carbons (Fsp3) is 0.400. The first-order valence-corrected chi connectivity index (χ1v) is 11.2. The number of fused-ring (bicyclic) bond motifs is 1. The topological polar surface area (TPSA) is 97.4 Å². The molecular formula is C25H29N3O6. The lowest BCUT2D eigenvalue weighted by Crippen LogP contribution is -2.51. The van der Waals surface area contributed by atoms with Gasteiger partial charge in [-0.15, -0.1) is 0 Å². The average Bonchev–Trinajstić information content (AvgIpc) is 2.82. The van der Waals surface area contributed by atoms with Crippen LogP contribution in [-0.4, -0.2) is 62.0 Å². The van der Waals surface area contributed by atoms with Crippen molar-refractivity contribution in [3.63, 3.8) is 0 Å². The Morgan fingerprint density at radius 3 is 2.50 bits per heavy atom. The molecule has 0 radical (unpaired) electrons. The van der Waals surface area contributed by atoms with Crippen molar-refractivity contribution in [2.75, 3.05) is 38.3 Å². The highest BCUT2D eigenvalue weighted by atomic mass is 16.6. The van der Waals surface area contributed by atoms with Gasteiger partial charge in [0.1, 0.15) is 5.60 Å². The molecule has 1 fully saturated rings. The van der Waals surface area contributed by atoms with Gasteiger partial charge in [-0.25, -0.2) is 14.6 Å². The van der Waals surface area contributed by atoms with Crippen LogP contribution in [0.4, 0.5) is 10.5 Å². The van der Waals surface area contributed by atoms with Crippen LogP contribution in [0.2, 0.25) is 0 Å². The molecule has 180 valence electrons. The van der Waals surface area contributed by atoms with Gasteiger partial charge in [-0.2, -0.15) is 0 Å². The van der Waals surface area contributed by atoms with E-state index in [4.69, 9.17) is 14.2 Å². The van der Waals surface area contributed by atoms with Crippen molar-refractivity contribution in [1.82, 2.24) is 10.4 Å². The summed E-state index contributed by atoms with van der Waals surface area (Å²) in [6, 6.07) is 11.0. The number of rotatable bonds is 3. The summed E-state index contributed by atoms with van der Waals surface area (Å²) in [6.07, 6.45) is -0.617. The van der Waals surface area contributed by atoms with Crippen LogP contribution in [0.1, 0.15) is 47.1 Å². The first kappa shape index (κ1) is 23.6. The van der Waals surface area contributed by atoms with Crippen molar-refractivity contribution < 1.29 is 28.6 Å². The monoisotopic (exact) mass is 467 g/mol. The van der Waals surface area contributed by atoms with Gasteiger partial charge in [-0.1, -0.05) is 24.3 Å². The van der Waals surface area contributed by atoms with Crippen LogP contribution >= 0.6 is 0 Å². The number of hydrazine groups is 1. The van der Waals surface area contributed by atoms with E-state index in [9.17, 15) is 14.4 Å². The normalized spacial score (nSPS) is 15.9. The zero-order chi connectivity index (χ0) is 24.5. The molecule has 4 rings (SSSR count). The first-order valence-electron chi connectivity index (χ1n) is 11.2. The quantitative estimate of drug-likeness (QED) is 0.691. The Balaban J connectivity index is 1.71. The number of morpholine rings is 1. The molecule has 34 heavy (non-hydrogen) atoms. The Labute approximate surface area is 198 Å². The van der Waals surface area contributed by atoms with Gasteiger partial charge in [0.25, 0.3) is 5.91 Å². The molecular weight excluding hydrogens is 438 g/mol. The highest BCUT2D eigenvalue weighted by Crippen LogP contribution is 2.34. The number of carbonyl (C=O) groups excluding carboxylic acids is 3. The number of benzene rings is 2. The van der Waals surface area contributed by atoms with Crippen molar-refractivity contribution in [2.24, 2.45) is 0 Å². The van der Waals surface area contributed by atoms with E-state index in [1.807, 2.05) is 24.3 Å². The van der Waals surface area contributed by atoms with Crippen molar-refractivity contribution in [1.29, 1.82) is 0 Å². The minimum absolute atomic E-state index is 0.181. The number of hydrogen-bond acceptors (Lipinski definition) is 7. The Kier molecular flexibility index (Phi) is 6.47. The molecule has 9 nitrogen and oxygen atoms in total. The molecule has 9 heteroatoms. The summed E-state index contributed by atoms with van der Waals surface area (Å²) in [5.41, 5.74) is 5.84. The lowest BCUT2D eigenvalue weighted by Gasteiger charge is -2.32. The lowest BCUT2D eigenvalue weighted by atomic mass is 9.92. The fourth-order valence-corrected chi connectivity index (χ4v) is 4.10. The number of anilines is 1. The largest absolute Gasteiger partial charge is 0.465 e. The van der Waals surface area contributed by atoms with Gasteiger partial charge in [-0.3, -0.25) is 10.2 Å². The van der Waals surface area contributed by atoms with E-state index in [-0.39, 0.29) is 6.54 Å². The lowest BCUT2D eigenvalue weighted by molar-refractivity contribution is 0.00943. The standard InChI is InChI=1S/C25H29N3O6/c1-25(2,3)34-24(31)28-15-17-6-5-7-18(21(17)22(29)26-28)16-8-9-19(23(30)32-4)20(14-16)27-10-12-33-13-11-27/h5-9,14H,10-13,15H2,1-4H3,(H,26,29). The van der Waals surface area contributed by atoms with E-state index in [0.29, 0.717) is 48.6 Å². The van der Waals surface area contributed by atoms with Gasteiger partial charge in [0.05, 0.1) is 43.7 Å². The summed E-state index contributed by atoms with van der Waals surface area (Å²) in [5.74, 6) is -0.818. The second-order valence-electron chi connectivity index (χ2n) is 9.17. The summed E-state index contributed by atoms with van der Waals surface area (Å²) in [4.78, 5) is 40.1. The third-order valence-electron chi connectivity index (χ3n) is 5.62. The molecule has 1 saturated heterocycles. The third kappa shape index (κ3) is 4.84. The second-order valence-corrected chi connectivity index (χ2v) is 9.17. The maximum absolute atomic E-state index is 13.1. The van der Waals surface area contributed by atoms with Crippen molar-refractivity contribution >= 4 is 23.7 Å². The van der Waals surface area contributed by atoms with E-state index in [2.05, 4.69) is 10.3 Å². The minimum Gasteiger partial charge on any atom is -0.465 e. The molecule has 0 spiro atoms. The number of carbonyl (C=O) groups is 3. The summed E-state index contributed by atoms with van der Waals surface area (Å²) >= 11 is 0. The second kappa shape index (κ2) is 9.34. The molecule has 2 amide bonds. The van der Waals surface area contributed by atoms with Gasteiger partial charge in [0, 0.05) is 13.1 Å². The SMILES string of the molecule is COC(=O)c1ccc(-c2cccc3c2C(=O)NN(C(=O)OC(C)(C)C)C3)cc1N1CCOCC1. The predicted octanol–water partition coefficient (Wildman–Crippen LogP) is 3.37. The summed E-state index contributed by atoms with van der Waals surface area (Å²) in [6.45, 7) is 7.91. The molecule has 2 aromatic rings. The zero-order valence-corrected chi connectivity index (χ0v) is 19.8. The molecule has 2 aromatic carbocycles. The minimum atomic E-state index is -0.679. The maximum Gasteiger partial charge on any atom is 0.429 e. The van der Waals surface area contributed by atoms with E-state index in [1.165, 1.54) is 12.1 Å². The number of esters is 1. The molecule has 0 aromatic heterocycles. The Bertz CT molecular complexity index is 1120. The third-order valence-corrected chi connectivity index (χ3v) is 5.62. The molecule has 2 aliphatic rings. The summed E-state index contributed by atoms with van der Waals surface area (Å²) in [5, 5.41) is 1.18. The molecule has 0 atom stereocenters. The number of amides is 2.